The molecule has 1 unspecified atom stereocenters. The second-order valence-electron chi connectivity index (χ2n) is 4.82. The Morgan fingerprint density at radius 3 is 2.76 bits per heavy atom. The minimum Gasteiger partial charge on any atom is -0.304 e. The molecule has 0 saturated carbocycles. The molecule has 0 amide bonds. The Morgan fingerprint density at radius 2 is 2.05 bits per heavy atom. The van der Waals surface area contributed by atoms with Crippen molar-refractivity contribution in [2.45, 2.75) is 32.9 Å². The third-order valence-electron chi connectivity index (χ3n) is 3.45. The molecular formula is C16H17Cl2FN2. The van der Waals surface area contributed by atoms with E-state index in [1.54, 1.807) is 6.20 Å². The fraction of sp³-hybridized carbons (Fsp3) is 0.312. The molecule has 1 aromatic carbocycles. The zero-order valence-corrected chi connectivity index (χ0v) is 13.5. The van der Waals surface area contributed by atoms with Gasteiger partial charge in [-0.25, -0.2) is 4.39 Å². The van der Waals surface area contributed by atoms with Crippen LogP contribution in [0.25, 0.3) is 0 Å². The van der Waals surface area contributed by atoms with Crippen LogP contribution in [0.15, 0.2) is 30.5 Å². The summed E-state index contributed by atoms with van der Waals surface area (Å²) in [6.07, 6.45) is 2.68. The number of halogens is 3. The Labute approximate surface area is 134 Å². The van der Waals surface area contributed by atoms with E-state index in [1.165, 1.54) is 17.7 Å². The summed E-state index contributed by atoms with van der Waals surface area (Å²) >= 11 is 12.1. The minimum absolute atomic E-state index is 0.0687. The highest BCUT2D eigenvalue weighted by molar-refractivity contribution is 6.36. The van der Waals surface area contributed by atoms with Gasteiger partial charge in [0, 0.05) is 29.4 Å². The first-order valence-electron chi connectivity index (χ1n) is 6.84. The first-order chi connectivity index (χ1) is 10.0. The number of nitrogens with zero attached hydrogens (tertiary/aromatic N) is 1. The highest BCUT2D eigenvalue weighted by atomic mass is 35.5. The molecule has 0 fully saturated rings. The maximum Gasteiger partial charge on any atom is 0.142 e. The van der Waals surface area contributed by atoms with E-state index in [0.717, 1.165) is 12.1 Å². The normalized spacial score (nSPS) is 12.4. The maximum absolute atomic E-state index is 13.6. The minimum atomic E-state index is -0.461. The van der Waals surface area contributed by atoms with Gasteiger partial charge in [0.1, 0.15) is 5.82 Å². The van der Waals surface area contributed by atoms with Gasteiger partial charge in [-0.1, -0.05) is 36.2 Å². The highest BCUT2D eigenvalue weighted by Crippen LogP contribution is 2.32. The molecule has 0 bridgehead atoms. The van der Waals surface area contributed by atoms with Crippen LogP contribution in [0.2, 0.25) is 10.0 Å². The van der Waals surface area contributed by atoms with Gasteiger partial charge in [0.05, 0.1) is 10.7 Å². The maximum atomic E-state index is 13.6. The Bertz CT molecular complexity index is 632. The number of aryl methyl sites for hydroxylation is 1. The van der Waals surface area contributed by atoms with E-state index in [0.29, 0.717) is 17.1 Å². The molecule has 0 aliphatic heterocycles. The molecular weight excluding hydrogens is 310 g/mol. The SMILES string of the molecule is CCc1cccnc1CNC(C)c1c(Cl)ccc(F)c1Cl. The zero-order chi connectivity index (χ0) is 15.4. The summed E-state index contributed by atoms with van der Waals surface area (Å²) in [5.74, 6) is -0.461. The first kappa shape index (κ1) is 16.2. The van der Waals surface area contributed by atoms with Crippen LogP contribution in [0.3, 0.4) is 0 Å². The average Bonchev–Trinajstić information content (AvgIpc) is 2.49. The lowest BCUT2D eigenvalue weighted by atomic mass is 10.1. The van der Waals surface area contributed by atoms with Crippen LogP contribution in [0.5, 0.6) is 0 Å². The van der Waals surface area contributed by atoms with E-state index in [1.807, 2.05) is 13.0 Å². The van der Waals surface area contributed by atoms with Crippen LogP contribution in [-0.4, -0.2) is 4.98 Å². The summed E-state index contributed by atoms with van der Waals surface area (Å²) in [4.78, 5) is 4.38. The van der Waals surface area contributed by atoms with Crippen LogP contribution >= 0.6 is 23.2 Å². The van der Waals surface area contributed by atoms with E-state index in [2.05, 4.69) is 23.3 Å². The smallest absolute Gasteiger partial charge is 0.142 e. The van der Waals surface area contributed by atoms with Crippen LogP contribution < -0.4 is 5.32 Å². The molecule has 1 N–H and O–H groups in total. The number of aromatic nitrogens is 1. The average molecular weight is 327 g/mol. The lowest BCUT2D eigenvalue weighted by molar-refractivity contribution is 0.557. The van der Waals surface area contributed by atoms with Crippen molar-refractivity contribution in [1.82, 2.24) is 10.3 Å². The van der Waals surface area contributed by atoms with E-state index in [-0.39, 0.29) is 11.1 Å². The summed E-state index contributed by atoms with van der Waals surface area (Å²) in [6, 6.07) is 6.60. The topological polar surface area (TPSA) is 24.9 Å². The van der Waals surface area contributed by atoms with Crippen molar-refractivity contribution in [3.8, 4) is 0 Å². The molecule has 0 aliphatic rings. The number of rotatable bonds is 5. The molecule has 5 heteroatoms. The van der Waals surface area contributed by atoms with Crippen molar-refractivity contribution >= 4 is 23.2 Å². The second kappa shape index (κ2) is 7.21. The lowest BCUT2D eigenvalue weighted by Crippen LogP contribution is -2.20. The predicted molar refractivity (Wildman–Crippen MR) is 85.3 cm³/mol. The van der Waals surface area contributed by atoms with Crippen LogP contribution in [0.1, 0.15) is 36.7 Å². The van der Waals surface area contributed by atoms with Crippen molar-refractivity contribution in [3.63, 3.8) is 0 Å². The quantitative estimate of drug-likeness (QED) is 0.787. The summed E-state index contributed by atoms with van der Waals surface area (Å²) in [5, 5.41) is 3.83. The van der Waals surface area contributed by atoms with Gasteiger partial charge < -0.3 is 5.32 Å². The molecule has 0 saturated heterocycles. The van der Waals surface area contributed by atoms with Crippen molar-refractivity contribution in [2.75, 3.05) is 0 Å². The fourth-order valence-corrected chi connectivity index (χ4v) is 2.94. The predicted octanol–water partition coefficient (Wildman–Crippen LogP) is 4.94. The monoisotopic (exact) mass is 326 g/mol. The third-order valence-corrected chi connectivity index (χ3v) is 4.17. The molecule has 1 atom stereocenters. The van der Waals surface area contributed by atoms with Gasteiger partial charge in [0.2, 0.25) is 0 Å². The molecule has 2 rings (SSSR count). The van der Waals surface area contributed by atoms with Gasteiger partial charge in [-0.3, -0.25) is 4.98 Å². The molecule has 2 aromatic rings. The summed E-state index contributed by atoms with van der Waals surface area (Å²) < 4.78 is 13.6. The Balaban J connectivity index is 2.16. The Morgan fingerprint density at radius 1 is 1.29 bits per heavy atom. The van der Waals surface area contributed by atoms with Crippen LogP contribution in [0.4, 0.5) is 4.39 Å². The first-order valence-corrected chi connectivity index (χ1v) is 7.59. The molecule has 0 aliphatic carbocycles. The highest BCUT2D eigenvalue weighted by Gasteiger charge is 2.17. The molecule has 0 radical (unpaired) electrons. The third kappa shape index (κ3) is 3.73. The van der Waals surface area contributed by atoms with E-state index in [9.17, 15) is 4.39 Å². The van der Waals surface area contributed by atoms with Gasteiger partial charge in [0.25, 0.3) is 0 Å². The summed E-state index contributed by atoms with van der Waals surface area (Å²) in [7, 11) is 0. The number of nitrogens with one attached hydrogen (secondary N) is 1. The van der Waals surface area contributed by atoms with E-state index >= 15 is 0 Å². The summed E-state index contributed by atoms with van der Waals surface area (Å²) in [5.41, 5.74) is 2.75. The van der Waals surface area contributed by atoms with Crippen molar-refractivity contribution in [1.29, 1.82) is 0 Å². The van der Waals surface area contributed by atoms with Crippen molar-refractivity contribution < 1.29 is 4.39 Å². The molecule has 1 aromatic heterocycles. The van der Waals surface area contributed by atoms with Crippen molar-refractivity contribution in [3.05, 3.63) is 63.1 Å². The lowest BCUT2D eigenvalue weighted by Gasteiger charge is -2.18. The van der Waals surface area contributed by atoms with Gasteiger partial charge in [0.15, 0.2) is 0 Å². The molecule has 112 valence electrons. The second-order valence-corrected chi connectivity index (χ2v) is 5.61. The Hall–Kier alpha value is -1.16. The summed E-state index contributed by atoms with van der Waals surface area (Å²) in [6.45, 7) is 4.57. The van der Waals surface area contributed by atoms with Crippen LogP contribution in [-0.2, 0) is 13.0 Å². The van der Waals surface area contributed by atoms with Gasteiger partial charge in [-0.2, -0.15) is 0 Å². The number of hydrogen-bond acceptors (Lipinski definition) is 2. The van der Waals surface area contributed by atoms with Gasteiger partial charge in [-0.05, 0) is 37.1 Å². The fourth-order valence-electron chi connectivity index (χ4n) is 2.24. The van der Waals surface area contributed by atoms with Gasteiger partial charge in [-0.15, -0.1) is 0 Å². The van der Waals surface area contributed by atoms with Crippen LogP contribution in [0, 0.1) is 5.82 Å². The number of benzene rings is 1. The van der Waals surface area contributed by atoms with Crippen molar-refractivity contribution in [2.24, 2.45) is 0 Å². The van der Waals surface area contributed by atoms with E-state index < -0.39 is 5.82 Å². The molecule has 2 nitrogen and oxygen atoms in total. The zero-order valence-electron chi connectivity index (χ0n) is 12.0. The molecule has 1 heterocycles. The van der Waals surface area contributed by atoms with E-state index in [4.69, 9.17) is 23.2 Å². The largest absolute Gasteiger partial charge is 0.304 e. The number of pyridine rings is 1. The Kier molecular flexibility index (Phi) is 5.57. The molecule has 0 spiro atoms. The molecule has 21 heavy (non-hydrogen) atoms. The number of hydrogen-bond donors (Lipinski definition) is 1. The standard InChI is InChI=1S/C16H17Cl2FN2/c1-3-11-5-4-8-20-14(11)9-21-10(2)15-12(17)6-7-13(19)16(15)18/h4-8,10,21H,3,9H2,1-2H3. The van der Waals surface area contributed by atoms with Gasteiger partial charge >= 0.3 is 0 Å².